The molecule has 0 unspecified atom stereocenters. The van der Waals surface area contributed by atoms with Crippen LogP contribution in [0.15, 0.2) is 58.0 Å². The summed E-state index contributed by atoms with van der Waals surface area (Å²) in [5.74, 6) is 2.34. The molecule has 1 N–H and O–H groups in total. The van der Waals surface area contributed by atoms with Crippen molar-refractivity contribution >= 4 is 23.4 Å². The molecule has 0 saturated heterocycles. The highest BCUT2D eigenvalue weighted by Crippen LogP contribution is 2.33. The average Bonchev–Trinajstić information content (AvgIpc) is 3.21. The standard InChI is InChI=1S/C21H22N2O4S/c1-25-14-8-9-15(17(12-14)26-2)18-13-22-21(27-18)11-10-20(24)23-16-6-4-5-7-19(16)28-3/h4-9,12-13H,10-11H2,1-3H3,(H,23,24). The third-order valence-corrected chi connectivity index (χ3v) is 4.97. The van der Waals surface area contributed by atoms with Gasteiger partial charge in [-0.05, 0) is 30.5 Å². The minimum absolute atomic E-state index is 0.0803. The molecular weight excluding hydrogens is 376 g/mol. The summed E-state index contributed by atoms with van der Waals surface area (Å²) in [4.78, 5) is 17.6. The molecule has 7 heteroatoms. The van der Waals surface area contributed by atoms with Gasteiger partial charge in [0.1, 0.15) is 11.5 Å². The van der Waals surface area contributed by atoms with E-state index >= 15 is 0 Å². The smallest absolute Gasteiger partial charge is 0.224 e. The number of benzene rings is 2. The first-order valence-electron chi connectivity index (χ1n) is 8.74. The molecule has 0 aliphatic heterocycles. The van der Waals surface area contributed by atoms with E-state index in [4.69, 9.17) is 13.9 Å². The summed E-state index contributed by atoms with van der Waals surface area (Å²) in [6.07, 6.45) is 4.31. The molecule has 1 heterocycles. The van der Waals surface area contributed by atoms with Gasteiger partial charge in [0.2, 0.25) is 5.91 Å². The first-order valence-corrected chi connectivity index (χ1v) is 9.97. The number of oxazole rings is 1. The van der Waals surface area contributed by atoms with Gasteiger partial charge in [0.15, 0.2) is 11.7 Å². The lowest BCUT2D eigenvalue weighted by Gasteiger charge is -2.08. The van der Waals surface area contributed by atoms with Crippen molar-refractivity contribution in [1.82, 2.24) is 4.98 Å². The lowest BCUT2D eigenvalue weighted by Crippen LogP contribution is -2.13. The molecule has 0 radical (unpaired) electrons. The van der Waals surface area contributed by atoms with Crippen molar-refractivity contribution in [3.8, 4) is 22.8 Å². The number of nitrogens with zero attached hydrogens (tertiary/aromatic N) is 1. The van der Waals surface area contributed by atoms with E-state index in [1.807, 2.05) is 42.7 Å². The second-order valence-corrected chi connectivity index (χ2v) is 6.78. The molecule has 0 saturated carbocycles. The number of methoxy groups -OCH3 is 2. The fraction of sp³-hybridized carbons (Fsp3) is 0.238. The monoisotopic (exact) mass is 398 g/mol. The fourth-order valence-electron chi connectivity index (χ4n) is 2.73. The summed E-state index contributed by atoms with van der Waals surface area (Å²) < 4.78 is 16.4. The van der Waals surface area contributed by atoms with E-state index in [0.29, 0.717) is 29.6 Å². The Bertz CT molecular complexity index is 955. The van der Waals surface area contributed by atoms with Crippen LogP contribution in [0.25, 0.3) is 11.3 Å². The van der Waals surface area contributed by atoms with E-state index in [0.717, 1.165) is 16.1 Å². The maximum atomic E-state index is 12.3. The molecular formula is C21H22N2O4S. The van der Waals surface area contributed by atoms with Crippen molar-refractivity contribution in [1.29, 1.82) is 0 Å². The zero-order chi connectivity index (χ0) is 19.9. The van der Waals surface area contributed by atoms with Gasteiger partial charge in [-0.15, -0.1) is 11.8 Å². The van der Waals surface area contributed by atoms with Gasteiger partial charge >= 0.3 is 0 Å². The molecule has 0 spiro atoms. The second-order valence-electron chi connectivity index (χ2n) is 5.93. The Hall–Kier alpha value is -2.93. The number of rotatable bonds is 8. The largest absolute Gasteiger partial charge is 0.497 e. The van der Waals surface area contributed by atoms with Crippen molar-refractivity contribution in [2.24, 2.45) is 0 Å². The van der Waals surface area contributed by atoms with Gasteiger partial charge in [-0.3, -0.25) is 4.79 Å². The third-order valence-electron chi connectivity index (χ3n) is 4.17. The van der Waals surface area contributed by atoms with Gasteiger partial charge in [-0.2, -0.15) is 0 Å². The van der Waals surface area contributed by atoms with E-state index in [1.54, 1.807) is 38.2 Å². The van der Waals surface area contributed by atoms with Crippen LogP contribution in [0, 0.1) is 0 Å². The predicted molar refractivity (Wildman–Crippen MR) is 110 cm³/mol. The van der Waals surface area contributed by atoms with Crippen LogP contribution in [0.5, 0.6) is 11.5 Å². The molecule has 0 aliphatic carbocycles. The lowest BCUT2D eigenvalue weighted by atomic mass is 10.1. The van der Waals surface area contributed by atoms with Gasteiger partial charge in [0, 0.05) is 23.8 Å². The normalized spacial score (nSPS) is 10.5. The molecule has 3 aromatic rings. The molecule has 0 atom stereocenters. The van der Waals surface area contributed by atoms with E-state index in [-0.39, 0.29) is 12.3 Å². The molecule has 28 heavy (non-hydrogen) atoms. The summed E-state index contributed by atoms with van der Waals surface area (Å²) in [5.41, 5.74) is 1.59. The van der Waals surface area contributed by atoms with Crippen LogP contribution in [0.2, 0.25) is 0 Å². The van der Waals surface area contributed by atoms with Crippen LogP contribution in [-0.2, 0) is 11.2 Å². The summed E-state index contributed by atoms with van der Waals surface area (Å²) in [6, 6.07) is 13.2. The maximum absolute atomic E-state index is 12.3. The summed E-state index contributed by atoms with van der Waals surface area (Å²) >= 11 is 1.59. The van der Waals surface area contributed by atoms with Crippen molar-refractivity contribution in [3.63, 3.8) is 0 Å². The zero-order valence-corrected chi connectivity index (χ0v) is 16.8. The Balaban J connectivity index is 1.64. The summed E-state index contributed by atoms with van der Waals surface area (Å²) in [6.45, 7) is 0. The Morgan fingerprint density at radius 2 is 2.00 bits per heavy atom. The Morgan fingerprint density at radius 3 is 2.75 bits per heavy atom. The van der Waals surface area contributed by atoms with E-state index < -0.39 is 0 Å². The fourth-order valence-corrected chi connectivity index (χ4v) is 3.29. The van der Waals surface area contributed by atoms with Crippen molar-refractivity contribution < 1.29 is 18.7 Å². The minimum Gasteiger partial charge on any atom is -0.497 e. The number of carbonyl (C=O) groups excluding carboxylic acids is 1. The van der Waals surface area contributed by atoms with Gasteiger partial charge in [-0.25, -0.2) is 4.98 Å². The minimum atomic E-state index is -0.0803. The number of amides is 1. The van der Waals surface area contributed by atoms with Crippen LogP contribution in [0.1, 0.15) is 12.3 Å². The summed E-state index contributed by atoms with van der Waals surface area (Å²) in [7, 11) is 3.19. The molecule has 2 aromatic carbocycles. The molecule has 1 aromatic heterocycles. The lowest BCUT2D eigenvalue weighted by molar-refractivity contribution is -0.116. The Labute approximate surface area is 168 Å². The van der Waals surface area contributed by atoms with E-state index in [1.165, 1.54) is 0 Å². The first-order chi connectivity index (χ1) is 13.6. The SMILES string of the molecule is COc1ccc(-c2cnc(CCC(=O)Nc3ccccc3SC)o2)c(OC)c1. The highest BCUT2D eigenvalue weighted by atomic mass is 32.2. The number of aromatic nitrogens is 1. The first kappa shape index (κ1) is 19.8. The van der Waals surface area contributed by atoms with Crippen LogP contribution in [-0.4, -0.2) is 31.4 Å². The molecule has 0 aliphatic rings. The number of thioether (sulfide) groups is 1. The van der Waals surface area contributed by atoms with Gasteiger partial charge in [-0.1, -0.05) is 12.1 Å². The van der Waals surface area contributed by atoms with Crippen molar-refractivity contribution in [2.45, 2.75) is 17.7 Å². The number of carbonyl (C=O) groups is 1. The number of para-hydroxylation sites is 1. The molecule has 6 nitrogen and oxygen atoms in total. The van der Waals surface area contributed by atoms with Gasteiger partial charge in [0.25, 0.3) is 0 Å². The number of hydrogen-bond donors (Lipinski definition) is 1. The van der Waals surface area contributed by atoms with E-state index in [9.17, 15) is 4.79 Å². The third kappa shape index (κ3) is 4.67. The van der Waals surface area contributed by atoms with Crippen LogP contribution < -0.4 is 14.8 Å². The van der Waals surface area contributed by atoms with Gasteiger partial charge in [0.05, 0.1) is 31.7 Å². The number of ether oxygens (including phenoxy) is 2. The number of anilines is 1. The summed E-state index contributed by atoms with van der Waals surface area (Å²) in [5, 5.41) is 2.94. The molecule has 3 rings (SSSR count). The highest BCUT2D eigenvalue weighted by Gasteiger charge is 2.14. The number of nitrogens with one attached hydrogen (secondary N) is 1. The molecule has 0 fully saturated rings. The van der Waals surface area contributed by atoms with E-state index in [2.05, 4.69) is 10.3 Å². The topological polar surface area (TPSA) is 73.6 Å². The van der Waals surface area contributed by atoms with Crippen molar-refractivity contribution in [2.75, 3.05) is 25.8 Å². The van der Waals surface area contributed by atoms with Crippen LogP contribution in [0.4, 0.5) is 5.69 Å². The zero-order valence-electron chi connectivity index (χ0n) is 16.0. The quantitative estimate of drug-likeness (QED) is 0.557. The molecule has 1 amide bonds. The van der Waals surface area contributed by atoms with Gasteiger partial charge < -0.3 is 19.2 Å². The Morgan fingerprint density at radius 1 is 1.18 bits per heavy atom. The highest BCUT2D eigenvalue weighted by molar-refractivity contribution is 7.98. The van der Waals surface area contributed by atoms with Crippen LogP contribution in [0.3, 0.4) is 0 Å². The Kier molecular flexibility index (Phi) is 6.60. The molecule has 146 valence electrons. The molecule has 0 bridgehead atoms. The maximum Gasteiger partial charge on any atom is 0.224 e. The van der Waals surface area contributed by atoms with Crippen LogP contribution >= 0.6 is 11.8 Å². The predicted octanol–water partition coefficient (Wildman–Crippen LogP) is 4.65. The average molecular weight is 398 g/mol. The second kappa shape index (κ2) is 9.32. The van der Waals surface area contributed by atoms with Crippen molar-refractivity contribution in [3.05, 3.63) is 54.6 Å². The number of aryl methyl sites for hydroxylation is 1. The number of hydrogen-bond acceptors (Lipinski definition) is 6.